The van der Waals surface area contributed by atoms with Crippen LogP contribution >= 0.6 is 11.6 Å². The summed E-state index contributed by atoms with van der Waals surface area (Å²) >= 11 is 6.40. The van der Waals surface area contributed by atoms with E-state index in [0.29, 0.717) is 21.7 Å². The van der Waals surface area contributed by atoms with Gasteiger partial charge < -0.3 is 25.2 Å². The van der Waals surface area contributed by atoms with Crippen molar-refractivity contribution in [3.05, 3.63) is 69.2 Å². The summed E-state index contributed by atoms with van der Waals surface area (Å²) in [6.45, 7) is 4.33. The van der Waals surface area contributed by atoms with Crippen LogP contribution in [0.4, 0.5) is 8.78 Å². The monoisotopic (exact) mass is 442 g/mol. The van der Waals surface area contributed by atoms with Crippen LogP contribution in [0.15, 0.2) is 30.3 Å². The minimum atomic E-state index is -1.52. The third-order valence-electron chi connectivity index (χ3n) is 5.89. The topological polar surface area (TPSA) is 90.2 Å². The van der Waals surface area contributed by atoms with Gasteiger partial charge in [-0.25, -0.2) is 8.78 Å². The van der Waals surface area contributed by atoms with Crippen molar-refractivity contribution in [1.82, 2.24) is 0 Å². The second-order valence-electron chi connectivity index (χ2n) is 8.18. The second kappa shape index (κ2) is 8.49. The van der Waals surface area contributed by atoms with Gasteiger partial charge in [-0.15, -0.1) is 0 Å². The molecule has 164 valence electrons. The molecular formula is C22H25ClF2O5. The lowest BCUT2D eigenvalue weighted by Gasteiger charge is -2.40. The molecule has 2 aromatic rings. The molecule has 1 fully saturated rings. The lowest BCUT2D eigenvalue weighted by atomic mass is 9.76. The van der Waals surface area contributed by atoms with Crippen molar-refractivity contribution in [2.45, 2.75) is 56.7 Å². The molecule has 0 spiro atoms. The number of halogens is 3. The smallest absolute Gasteiger partial charge is 0.129 e. The zero-order valence-electron chi connectivity index (χ0n) is 16.8. The first-order chi connectivity index (χ1) is 14.0. The summed E-state index contributed by atoms with van der Waals surface area (Å²) in [6, 6.07) is 7.30. The Bertz CT molecular complexity index is 911. The van der Waals surface area contributed by atoms with Crippen LogP contribution < -0.4 is 0 Å². The third kappa shape index (κ3) is 3.98. The molecule has 1 saturated heterocycles. The van der Waals surface area contributed by atoms with Gasteiger partial charge in [0.1, 0.15) is 42.2 Å². The van der Waals surface area contributed by atoms with E-state index in [-0.39, 0.29) is 5.56 Å². The SMILES string of the molecule is Cc1c(F)cc(C(C)(C)c2cc([C@@H]3O[C@H](CO)[C@@H](O)[C@H](O)[C@H]3O)ccc2Cl)cc1F. The molecule has 0 amide bonds. The van der Waals surface area contributed by atoms with Crippen LogP contribution in [0, 0.1) is 18.6 Å². The predicted molar refractivity (Wildman–Crippen MR) is 107 cm³/mol. The molecular weight excluding hydrogens is 418 g/mol. The summed E-state index contributed by atoms with van der Waals surface area (Å²) in [4.78, 5) is 0. The van der Waals surface area contributed by atoms with Gasteiger partial charge in [-0.05, 0) is 41.8 Å². The van der Waals surface area contributed by atoms with Gasteiger partial charge in [0.25, 0.3) is 0 Å². The first kappa shape index (κ1) is 23.1. The Balaban J connectivity index is 2.05. The maximum atomic E-state index is 14.2. The maximum absolute atomic E-state index is 14.2. The number of aliphatic hydroxyl groups is 4. The number of ether oxygens (including phenoxy) is 1. The van der Waals surface area contributed by atoms with E-state index in [2.05, 4.69) is 0 Å². The van der Waals surface area contributed by atoms with Crippen LogP contribution in [0.3, 0.4) is 0 Å². The Labute approximate surface area is 178 Å². The van der Waals surface area contributed by atoms with Crippen LogP contribution in [0.5, 0.6) is 0 Å². The molecule has 0 aromatic heterocycles. The van der Waals surface area contributed by atoms with Gasteiger partial charge in [-0.1, -0.05) is 37.6 Å². The largest absolute Gasteiger partial charge is 0.394 e. The maximum Gasteiger partial charge on any atom is 0.129 e. The summed E-state index contributed by atoms with van der Waals surface area (Å²) < 4.78 is 33.9. The van der Waals surface area contributed by atoms with Crippen molar-refractivity contribution in [2.24, 2.45) is 0 Å². The number of hydrogen-bond donors (Lipinski definition) is 4. The van der Waals surface area contributed by atoms with Crippen molar-refractivity contribution in [2.75, 3.05) is 6.61 Å². The molecule has 0 unspecified atom stereocenters. The fraction of sp³-hybridized carbons (Fsp3) is 0.455. The van der Waals surface area contributed by atoms with Gasteiger partial charge in [-0.2, -0.15) is 0 Å². The van der Waals surface area contributed by atoms with Crippen LogP contribution in [-0.4, -0.2) is 51.4 Å². The molecule has 0 radical (unpaired) electrons. The normalized spacial score (nSPS) is 27.3. The molecule has 5 nitrogen and oxygen atoms in total. The number of aliphatic hydroxyl groups excluding tert-OH is 4. The second-order valence-corrected chi connectivity index (χ2v) is 8.59. The van der Waals surface area contributed by atoms with E-state index in [1.165, 1.54) is 19.1 Å². The highest BCUT2D eigenvalue weighted by molar-refractivity contribution is 6.31. The van der Waals surface area contributed by atoms with Crippen molar-refractivity contribution < 1.29 is 33.9 Å². The minimum absolute atomic E-state index is 0.0734. The Morgan fingerprint density at radius 3 is 2.17 bits per heavy atom. The third-order valence-corrected chi connectivity index (χ3v) is 6.22. The van der Waals surface area contributed by atoms with Gasteiger partial charge in [0.15, 0.2) is 0 Å². The van der Waals surface area contributed by atoms with E-state index in [1.54, 1.807) is 32.0 Å². The van der Waals surface area contributed by atoms with Crippen LogP contribution in [0.25, 0.3) is 0 Å². The Morgan fingerprint density at radius 2 is 1.60 bits per heavy atom. The fourth-order valence-electron chi connectivity index (χ4n) is 3.74. The van der Waals surface area contributed by atoms with Crippen molar-refractivity contribution in [3.63, 3.8) is 0 Å². The van der Waals surface area contributed by atoms with Crippen molar-refractivity contribution in [3.8, 4) is 0 Å². The van der Waals surface area contributed by atoms with Gasteiger partial charge in [-0.3, -0.25) is 0 Å². The Kier molecular flexibility index (Phi) is 6.53. The van der Waals surface area contributed by atoms with E-state index >= 15 is 0 Å². The summed E-state index contributed by atoms with van der Waals surface area (Å²) in [7, 11) is 0. The first-order valence-electron chi connectivity index (χ1n) is 9.55. The molecule has 1 aliphatic rings. The molecule has 0 saturated carbocycles. The predicted octanol–water partition coefficient (Wildman–Crippen LogP) is 2.77. The summed E-state index contributed by atoms with van der Waals surface area (Å²) in [5, 5.41) is 40.2. The summed E-state index contributed by atoms with van der Waals surface area (Å²) in [6.07, 6.45) is -6.54. The van der Waals surface area contributed by atoms with E-state index in [4.69, 9.17) is 16.3 Å². The van der Waals surface area contributed by atoms with Crippen LogP contribution in [-0.2, 0) is 10.2 Å². The number of hydrogen-bond acceptors (Lipinski definition) is 5. The standard InChI is InChI=1S/C22H25ClF2O5/c1-10-15(24)7-12(8-16(10)25)22(2,3)13-6-11(4-5-14(13)23)21-20(29)19(28)18(27)17(9-26)30-21/h4-8,17-21,26-29H,9H2,1-3H3/t17-,18-,19+,20-,21+/m1/s1. The molecule has 0 bridgehead atoms. The van der Waals surface area contributed by atoms with Crippen molar-refractivity contribution >= 4 is 11.6 Å². The zero-order valence-corrected chi connectivity index (χ0v) is 17.6. The average molecular weight is 443 g/mol. The fourth-order valence-corrected chi connectivity index (χ4v) is 4.09. The number of rotatable bonds is 4. The molecule has 1 heterocycles. The van der Waals surface area contributed by atoms with Gasteiger partial charge in [0.05, 0.1) is 6.61 Å². The molecule has 5 atom stereocenters. The molecule has 30 heavy (non-hydrogen) atoms. The summed E-state index contributed by atoms with van der Waals surface area (Å²) in [5.41, 5.74) is 0.358. The Hall–Kier alpha value is -1.61. The van der Waals surface area contributed by atoms with Gasteiger partial charge >= 0.3 is 0 Å². The van der Waals surface area contributed by atoms with E-state index in [9.17, 15) is 29.2 Å². The number of benzene rings is 2. The molecule has 0 aliphatic carbocycles. The highest BCUT2D eigenvalue weighted by Crippen LogP contribution is 2.40. The lowest BCUT2D eigenvalue weighted by Crippen LogP contribution is -2.55. The minimum Gasteiger partial charge on any atom is -0.394 e. The van der Waals surface area contributed by atoms with E-state index in [1.807, 2.05) is 0 Å². The first-order valence-corrected chi connectivity index (χ1v) is 9.93. The van der Waals surface area contributed by atoms with Crippen LogP contribution in [0.2, 0.25) is 5.02 Å². The van der Waals surface area contributed by atoms with Crippen LogP contribution in [0.1, 0.15) is 42.2 Å². The Morgan fingerprint density at radius 1 is 1.00 bits per heavy atom. The molecule has 1 aliphatic heterocycles. The van der Waals surface area contributed by atoms with Gasteiger partial charge in [0, 0.05) is 16.0 Å². The summed E-state index contributed by atoms with van der Waals surface area (Å²) in [5.74, 6) is -1.33. The van der Waals surface area contributed by atoms with Gasteiger partial charge in [0.2, 0.25) is 0 Å². The average Bonchev–Trinajstić information content (AvgIpc) is 2.70. The molecule has 8 heteroatoms. The zero-order chi connectivity index (χ0) is 22.4. The highest BCUT2D eigenvalue weighted by Gasteiger charge is 2.44. The molecule has 4 N–H and O–H groups in total. The highest BCUT2D eigenvalue weighted by atomic mass is 35.5. The van der Waals surface area contributed by atoms with E-state index in [0.717, 1.165) is 0 Å². The lowest BCUT2D eigenvalue weighted by molar-refractivity contribution is -0.231. The van der Waals surface area contributed by atoms with Crippen molar-refractivity contribution in [1.29, 1.82) is 0 Å². The molecule has 2 aromatic carbocycles. The quantitative estimate of drug-likeness (QED) is 0.584. The molecule has 3 rings (SSSR count). The van der Waals surface area contributed by atoms with E-state index < -0.39 is 54.2 Å².